The highest BCUT2D eigenvalue weighted by molar-refractivity contribution is 9.10. The van der Waals surface area contributed by atoms with Gasteiger partial charge in [-0.2, -0.15) is 0 Å². The molecule has 2 rings (SSSR count). The first kappa shape index (κ1) is 14.8. The second-order valence-electron chi connectivity index (χ2n) is 4.35. The number of carbonyl (C=O) groups excluding carboxylic acids is 1. The Balaban J connectivity index is 1.97. The summed E-state index contributed by atoms with van der Waals surface area (Å²) in [6, 6.07) is 14.6. The maximum absolute atomic E-state index is 12.1. The number of allylic oxidation sites excluding steroid dienone is 1. The average molecular weight is 351 g/mol. The van der Waals surface area contributed by atoms with Crippen LogP contribution < -0.4 is 5.32 Å². The first-order chi connectivity index (χ1) is 9.54. The SMILES string of the molecule is C=C(CC(=O)c1ccc(Br)cc1)Nc1cccc(Cl)c1. The van der Waals surface area contributed by atoms with Gasteiger partial charge in [0, 0.05) is 26.4 Å². The number of ketones is 1. The molecule has 102 valence electrons. The second kappa shape index (κ2) is 6.73. The fourth-order valence-electron chi connectivity index (χ4n) is 1.75. The Kier molecular flexibility index (Phi) is 4.99. The zero-order valence-corrected chi connectivity index (χ0v) is 13.0. The molecule has 0 amide bonds. The summed E-state index contributed by atoms with van der Waals surface area (Å²) in [6.07, 6.45) is 0.244. The molecule has 2 aromatic carbocycles. The standard InChI is InChI=1S/C16H13BrClNO/c1-11(19-15-4-2-3-14(18)10-15)9-16(20)12-5-7-13(17)8-6-12/h2-8,10,19H,1,9H2. The summed E-state index contributed by atoms with van der Waals surface area (Å²) in [4.78, 5) is 12.1. The Morgan fingerprint density at radius 3 is 2.55 bits per heavy atom. The van der Waals surface area contributed by atoms with E-state index in [9.17, 15) is 4.79 Å². The third-order valence-electron chi connectivity index (χ3n) is 2.69. The van der Waals surface area contributed by atoms with E-state index in [-0.39, 0.29) is 12.2 Å². The number of halogens is 2. The van der Waals surface area contributed by atoms with Crippen molar-refractivity contribution < 1.29 is 4.79 Å². The number of carbonyl (C=O) groups is 1. The van der Waals surface area contributed by atoms with E-state index in [1.54, 1.807) is 24.3 Å². The predicted molar refractivity (Wildman–Crippen MR) is 87.3 cm³/mol. The fourth-order valence-corrected chi connectivity index (χ4v) is 2.20. The topological polar surface area (TPSA) is 29.1 Å². The van der Waals surface area contributed by atoms with E-state index in [1.165, 1.54) is 0 Å². The zero-order valence-electron chi connectivity index (χ0n) is 10.7. The molecule has 0 unspecified atom stereocenters. The molecule has 0 aliphatic heterocycles. The van der Waals surface area contributed by atoms with Crippen molar-refractivity contribution in [3.8, 4) is 0 Å². The third kappa shape index (κ3) is 4.22. The summed E-state index contributed by atoms with van der Waals surface area (Å²) in [5.74, 6) is 0.0250. The maximum atomic E-state index is 12.1. The Morgan fingerprint density at radius 1 is 1.20 bits per heavy atom. The lowest BCUT2D eigenvalue weighted by Crippen LogP contribution is -2.06. The summed E-state index contributed by atoms with van der Waals surface area (Å²) in [6.45, 7) is 3.88. The Labute approximate surface area is 131 Å². The summed E-state index contributed by atoms with van der Waals surface area (Å²) in [5.41, 5.74) is 2.13. The largest absolute Gasteiger partial charge is 0.359 e. The molecule has 0 aliphatic rings. The van der Waals surface area contributed by atoms with Gasteiger partial charge in [-0.3, -0.25) is 4.79 Å². The minimum absolute atomic E-state index is 0.0250. The molecule has 4 heteroatoms. The van der Waals surface area contributed by atoms with Crippen molar-refractivity contribution in [2.75, 3.05) is 5.32 Å². The Bertz CT molecular complexity index is 637. The van der Waals surface area contributed by atoms with Crippen LogP contribution in [0.1, 0.15) is 16.8 Å². The molecule has 0 bridgehead atoms. The molecule has 2 aromatic rings. The molecular formula is C16H13BrClNO. The number of hydrogen-bond donors (Lipinski definition) is 1. The molecular weight excluding hydrogens is 338 g/mol. The molecule has 0 radical (unpaired) electrons. The van der Waals surface area contributed by atoms with Gasteiger partial charge < -0.3 is 5.32 Å². The van der Waals surface area contributed by atoms with E-state index in [1.807, 2.05) is 24.3 Å². The van der Waals surface area contributed by atoms with Gasteiger partial charge in [0.2, 0.25) is 0 Å². The van der Waals surface area contributed by atoms with Crippen molar-refractivity contribution >= 4 is 39.0 Å². The number of anilines is 1. The Hall–Kier alpha value is -1.58. The number of Topliss-reactive ketones (excluding diaryl/α,β-unsaturated/α-hetero) is 1. The van der Waals surface area contributed by atoms with Crippen molar-refractivity contribution in [3.05, 3.63) is 75.9 Å². The van der Waals surface area contributed by atoms with E-state index in [0.717, 1.165) is 10.2 Å². The number of benzene rings is 2. The lowest BCUT2D eigenvalue weighted by Gasteiger charge is -2.09. The van der Waals surface area contributed by atoms with Gasteiger partial charge in [0.25, 0.3) is 0 Å². The van der Waals surface area contributed by atoms with Gasteiger partial charge >= 0.3 is 0 Å². The maximum Gasteiger partial charge on any atom is 0.168 e. The van der Waals surface area contributed by atoms with Gasteiger partial charge in [-0.15, -0.1) is 0 Å². The molecule has 0 aliphatic carbocycles. The molecule has 1 N–H and O–H groups in total. The lowest BCUT2D eigenvalue weighted by atomic mass is 10.1. The summed E-state index contributed by atoms with van der Waals surface area (Å²) in [5, 5.41) is 3.73. The van der Waals surface area contributed by atoms with Crippen molar-refractivity contribution in [1.29, 1.82) is 0 Å². The van der Waals surface area contributed by atoms with Crippen LogP contribution in [0.25, 0.3) is 0 Å². The molecule has 0 heterocycles. The van der Waals surface area contributed by atoms with E-state index < -0.39 is 0 Å². The second-order valence-corrected chi connectivity index (χ2v) is 5.70. The first-order valence-electron chi connectivity index (χ1n) is 6.04. The zero-order chi connectivity index (χ0) is 14.5. The molecule has 0 fully saturated rings. The molecule has 2 nitrogen and oxygen atoms in total. The van der Waals surface area contributed by atoms with Gasteiger partial charge in [-0.05, 0) is 30.3 Å². The monoisotopic (exact) mass is 349 g/mol. The highest BCUT2D eigenvalue weighted by Gasteiger charge is 2.08. The molecule has 0 saturated heterocycles. The summed E-state index contributed by atoms with van der Waals surface area (Å²) in [7, 11) is 0. The highest BCUT2D eigenvalue weighted by atomic mass is 79.9. The van der Waals surface area contributed by atoms with Crippen molar-refractivity contribution in [3.63, 3.8) is 0 Å². The molecule has 0 atom stereocenters. The minimum atomic E-state index is 0.0250. The van der Waals surface area contributed by atoms with Gasteiger partial charge in [0.15, 0.2) is 5.78 Å². The quantitative estimate of drug-likeness (QED) is 0.741. The van der Waals surface area contributed by atoms with E-state index in [4.69, 9.17) is 11.6 Å². The summed E-state index contributed by atoms with van der Waals surface area (Å²) < 4.78 is 0.949. The smallest absolute Gasteiger partial charge is 0.168 e. The summed E-state index contributed by atoms with van der Waals surface area (Å²) >= 11 is 9.25. The minimum Gasteiger partial charge on any atom is -0.359 e. The van der Waals surface area contributed by atoms with Crippen LogP contribution in [0.2, 0.25) is 5.02 Å². The molecule has 0 aromatic heterocycles. The predicted octanol–water partition coefficient (Wildman–Crippen LogP) is 5.30. The van der Waals surface area contributed by atoms with Crippen molar-refractivity contribution in [2.45, 2.75) is 6.42 Å². The fraction of sp³-hybridized carbons (Fsp3) is 0.0625. The average Bonchev–Trinajstić information content (AvgIpc) is 2.39. The van der Waals surface area contributed by atoms with Crippen LogP contribution in [0.5, 0.6) is 0 Å². The van der Waals surface area contributed by atoms with E-state index in [2.05, 4.69) is 27.8 Å². The van der Waals surface area contributed by atoms with Crippen LogP contribution in [0.3, 0.4) is 0 Å². The van der Waals surface area contributed by atoms with Gasteiger partial charge in [-0.25, -0.2) is 0 Å². The lowest BCUT2D eigenvalue weighted by molar-refractivity contribution is 0.0993. The van der Waals surface area contributed by atoms with E-state index >= 15 is 0 Å². The number of nitrogens with one attached hydrogen (secondary N) is 1. The highest BCUT2D eigenvalue weighted by Crippen LogP contribution is 2.18. The molecule has 20 heavy (non-hydrogen) atoms. The van der Waals surface area contributed by atoms with Crippen LogP contribution in [-0.4, -0.2) is 5.78 Å². The normalized spacial score (nSPS) is 10.1. The first-order valence-corrected chi connectivity index (χ1v) is 7.21. The van der Waals surface area contributed by atoms with Crippen LogP contribution >= 0.6 is 27.5 Å². The third-order valence-corrected chi connectivity index (χ3v) is 3.45. The van der Waals surface area contributed by atoms with E-state index in [0.29, 0.717) is 16.3 Å². The van der Waals surface area contributed by atoms with Crippen LogP contribution in [0.15, 0.2) is 65.3 Å². The van der Waals surface area contributed by atoms with Gasteiger partial charge in [0.1, 0.15) is 0 Å². The number of rotatable bonds is 5. The van der Waals surface area contributed by atoms with Crippen LogP contribution in [0, 0.1) is 0 Å². The number of hydrogen-bond acceptors (Lipinski definition) is 2. The van der Waals surface area contributed by atoms with Crippen molar-refractivity contribution in [2.24, 2.45) is 0 Å². The van der Waals surface area contributed by atoms with Crippen LogP contribution in [-0.2, 0) is 0 Å². The van der Waals surface area contributed by atoms with Crippen LogP contribution in [0.4, 0.5) is 5.69 Å². The Morgan fingerprint density at radius 2 is 1.90 bits per heavy atom. The van der Waals surface area contributed by atoms with Gasteiger partial charge in [-0.1, -0.05) is 52.3 Å². The van der Waals surface area contributed by atoms with Crippen molar-refractivity contribution in [1.82, 2.24) is 0 Å². The van der Waals surface area contributed by atoms with Gasteiger partial charge in [0.05, 0.1) is 6.42 Å². The molecule has 0 saturated carbocycles. The molecule has 0 spiro atoms.